The molecule has 0 amide bonds. The monoisotopic (exact) mass is 313 g/mol. The van der Waals surface area contributed by atoms with Gasteiger partial charge in [-0.3, -0.25) is 0 Å². The molecule has 1 aliphatic heterocycles. The Morgan fingerprint density at radius 1 is 1.50 bits per heavy atom. The van der Waals surface area contributed by atoms with Crippen LogP contribution in [0.3, 0.4) is 0 Å². The number of phenols is 1. The van der Waals surface area contributed by atoms with Crippen LogP contribution < -0.4 is 0 Å². The zero-order valence-corrected chi connectivity index (χ0v) is 12.3. The lowest BCUT2D eigenvalue weighted by Crippen LogP contribution is -2.30. The number of phenolic OH excluding ortho intramolecular Hbond substituents is 1. The standard InChI is InChI=1S/C14H20BrNO2/c1-16(8-11-3-2-6-18-10-11)9-12-7-13(15)4-5-14(12)17/h4-5,7,11,17H,2-3,6,8-10H2,1H3. The molecule has 3 nitrogen and oxygen atoms in total. The quantitative estimate of drug-likeness (QED) is 0.927. The van der Waals surface area contributed by atoms with E-state index in [1.807, 2.05) is 12.1 Å². The average molecular weight is 314 g/mol. The zero-order valence-electron chi connectivity index (χ0n) is 10.7. The Labute approximate surface area is 117 Å². The van der Waals surface area contributed by atoms with Crippen LogP contribution in [0.2, 0.25) is 0 Å². The van der Waals surface area contributed by atoms with Crippen LogP contribution >= 0.6 is 15.9 Å². The molecule has 2 rings (SSSR count). The van der Waals surface area contributed by atoms with Gasteiger partial charge < -0.3 is 14.7 Å². The Balaban J connectivity index is 1.89. The Hall–Kier alpha value is -0.580. The van der Waals surface area contributed by atoms with Crippen LogP contribution in [0.5, 0.6) is 5.75 Å². The van der Waals surface area contributed by atoms with E-state index in [2.05, 4.69) is 27.9 Å². The molecule has 1 aromatic carbocycles. The van der Waals surface area contributed by atoms with E-state index in [0.29, 0.717) is 11.7 Å². The van der Waals surface area contributed by atoms with Crippen LogP contribution in [0.25, 0.3) is 0 Å². The first-order valence-corrected chi connectivity index (χ1v) is 7.18. The summed E-state index contributed by atoms with van der Waals surface area (Å²) in [7, 11) is 2.09. The van der Waals surface area contributed by atoms with E-state index in [9.17, 15) is 5.11 Å². The van der Waals surface area contributed by atoms with Crippen molar-refractivity contribution in [3.8, 4) is 5.75 Å². The SMILES string of the molecule is CN(Cc1cc(Br)ccc1O)CC1CCCOC1. The van der Waals surface area contributed by atoms with Crippen LogP contribution in [0.4, 0.5) is 0 Å². The van der Waals surface area contributed by atoms with Crippen LogP contribution in [0, 0.1) is 5.92 Å². The molecular weight excluding hydrogens is 294 g/mol. The lowest BCUT2D eigenvalue weighted by Gasteiger charge is -2.27. The minimum atomic E-state index is 0.366. The molecule has 0 radical (unpaired) electrons. The lowest BCUT2D eigenvalue weighted by atomic mass is 10.0. The predicted octanol–water partition coefficient (Wildman–Crippen LogP) is 3.01. The van der Waals surface area contributed by atoms with Crippen LogP contribution in [0.1, 0.15) is 18.4 Å². The van der Waals surface area contributed by atoms with Crippen molar-refractivity contribution in [2.45, 2.75) is 19.4 Å². The van der Waals surface area contributed by atoms with Gasteiger partial charge in [0.05, 0.1) is 6.61 Å². The van der Waals surface area contributed by atoms with Crippen molar-refractivity contribution in [3.63, 3.8) is 0 Å². The summed E-state index contributed by atoms with van der Waals surface area (Å²) < 4.78 is 6.50. The number of hydrogen-bond acceptors (Lipinski definition) is 3. The Bertz CT molecular complexity index is 391. The van der Waals surface area contributed by atoms with Crippen molar-refractivity contribution in [1.29, 1.82) is 0 Å². The summed E-state index contributed by atoms with van der Waals surface area (Å²) in [4.78, 5) is 2.25. The number of rotatable bonds is 4. The van der Waals surface area contributed by atoms with E-state index in [-0.39, 0.29) is 0 Å². The Morgan fingerprint density at radius 2 is 2.33 bits per heavy atom. The van der Waals surface area contributed by atoms with Gasteiger partial charge in [-0.15, -0.1) is 0 Å². The van der Waals surface area contributed by atoms with Gasteiger partial charge in [-0.2, -0.15) is 0 Å². The smallest absolute Gasteiger partial charge is 0.120 e. The zero-order chi connectivity index (χ0) is 13.0. The van der Waals surface area contributed by atoms with E-state index < -0.39 is 0 Å². The first kappa shape index (κ1) is 13.8. The van der Waals surface area contributed by atoms with Gasteiger partial charge >= 0.3 is 0 Å². The normalized spacial score (nSPS) is 20.3. The van der Waals surface area contributed by atoms with Gasteiger partial charge in [0.15, 0.2) is 0 Å². The fraction of sp³-hybridized carbons (Fsp3) is 0.571. The fourth-order valence-electron chi connectivity index (χ4n) is 2.43. The molecule has 1 aliphatic rings. The van der Waals surface area contributed by atoms with Crippen molar-refractivity contribution in [3.05, 3.63) is 28.2 Å². The summed E-state index contributed by atoms with van der Waals surface area (Å²) in [6.07, 6.45) is 2.41. The van der Waals surface area contributed by atoms with Crippen molar-refractivity contribution in [2.75, 3.05) is 26.8 Å². The van der Waals surface area contributed by atoms with Gasteiger partial charge in [-0.1, -0.05) is 15.9 Å². The number of nitrogens with zero attached hydrogens (tertiary/aromatic N) is 1. The number of ether oxygens (including phenoxy) is 1. The third-order valence-corrected chi connectivity index (χ3v) is 3.80. The second-order valence-electron chi connectivity index (χ2n) is 5.05. The summed E-state index contributed by atoms with van der Waals surface area (Å²) in [5.74, 6) is 0.989. The summed E-state index contributed by atoms with van der Waals surface area (Å²) >= 11 is 3.44. The van der Waals surface area contributed by atoms with Gasteiger partial charge in [-0.05, 0) is 44.0 Å². The summed E-state index contributed by atoms with van der Waals surface area (Å²) in [5.41, 5.74) is 0.962. The third kappa shape index (κ3) is 3.97. The number of hydrogen-bond donors (Lipinski definition) is 1. The van der Waals surface area contributed by atoms with E-state index in [4.69, 9.17) is 4.74 Å². The van der Waals surface area contributed by atoms with Gasteiger partial charge in [-0.25, -0.2) is 0 Å². The molecule has 0 bridgehead atoms. The molecule has 4 heteroatoms. The molecule has 0 spiro atoms. The molecule has 1 saturated heterocycles. The minimum absolute atomic E-state index is 0.366. The molecular formula is C14H20BrNO2. The van der Waals surface area contributed by atoms with Gasteiger partial charge in [0.2, 0.25) is 0 Å². The molecule has 1 fully saturated rings. The van der Waals surface area contributed by atoms with E-state index in [0.717, 1.165) is 36.3 Å². The van der Waals surface area contributed by atoms with E-state index in [1.54, 1.807) is 6.07 Å². The van der Waals surface area contributed by atoms with Crippen molar-refractivity contribution >= 4 is 15.9 Å². The first-order chi connectivity index (χ1) is 8.65. The molecule has 0 aliphatic carbocycles. The van der Waals surface area contributed by atoms with Crippen LogP contribution in [-0.2, 0) is 11.3 Å². The van der Waals surface area contributed by atoms with Gasteiger partial charge in [0.25, 0.3) is 0 Å². The molecule has 18 heavy (non-hydrogen) atoms. The maximum Gasteiger partial charge on any atom is 0.120 e. The minimum Gasteiger partial charge on any atom is -0.508 e. The molecule has 1 aromatic rings. The predicted molar refractivity (Wildman–Crippen MR) is 75.7 cm³/mol. The molecule has 1 N–H and O–H groups in total. The van der Waals surface area contributed by atoms with Crippen molar-refractivity contribution in [1.82, 2.24) is 4.90 Å². The van der Waals surface area contributed by atoms with E-state index in [1.165, 1.54) is 12.8 Å². The molecule has 1 unspecified atom stereocenters. The van der Waals surface area contributed by atoms with Crippen molar-refractivity contribution in [2.24, 2.45) is 5.92 Å². The molecule has 100 valence electrons. The first-order valence-electron chi connectivity index (χ1n) is 6.39. The highest BCUT2D eigenvalue weighted by molar-refractivity contribution is 9.10. The van der Waals surface area contributed by atoms with Crippen LogP contribution in [0.15, 0.2) is 22.7 Å². The highest BCUT2D eigenvalue weighted by Crippen LogP contribution is 2.23. The Kier molecular flexibility index (Phi) is 5.03. The molecule has 1 atom stereocenters. The highest BCUT2D eigenvalue weighted by atomic mass is 79.9. The van der Waals surface area contributed by atoms with Gasteiger partial charge in [0, 0.05) is 29.7 Å². The second-order valence-corrected chi connectivity index (χ2v) is 5.97. The highest BCUT2D eigenvalue weighted by Gasteiger charge is 2.16. The second kappa shape index (κ2) is 6.55. The molecule has 0 saturated carbocycles. The number of benzene rings is 1. The topological polar surface area (TPSA) is 32.7 Å². The largest absolute Gasteiger partial charge is 0.508 e. The van der Waals surface area contributed by atoms with E-state index >= 15 is 0 Å². The summed E-state index contributed by atoms with van der Waals surface area (Å²) in [6, 6.07) is 5.56. The summed E-state index contributed by atoms with van der Waals surface area (Å²) in [5, 5.41) is 9.82. The van der Waals surface area contributed by atoms with Crippen LogP contribution in [-0.4, -0.2) is 36.8 Å². The van der Waals surface area contributed by atoms with Gasteiger partial charge in [0.1, 0.15) is 5.75 Å². The number of aromatic hydroxyl groups is 1. The maximum absolute atomic E-state index is 9.82. The molecule has 0 aromatic heterocycles. The summed E-state index contributed by atoms with van der Waals surface area (Å²) in [6.45, 7) is 3.56. The number of halogens is 1. The maximum atomic E-state index is 9.82. The Morgan fingerprint density at radius 3 is 3.06 bits per heavy atom. The average Bonchev–Trinajstić information content (AvgIpc) is 2.35. The lowest BCUT2D eigenvalue weighted by molar-refractivity contribution is 0.0411. The molecule has 1 heterocycles. The third-order valence-electron chi connectivity index (χ3n) is 3.31. The van der Waals surface area contributed by atoms with Crippen molar-refractivity contribution < 1.29 is 9.84 Å². The fourth-order valence-corrected chi connectivity index (χ4v) is 2.84.